The number of hydrogen-bond acceptors (Lipinski definition) is 0. The summed E-state index contributed by atoms with van der Waals surface area (Å²) in [6, 6.07) is 16.4. The Morgan fingerprint density at radius 3 is 2.26 bits per heavy atom. The van der Waals surface area contributed by atoms with Gasteiger partial charge in [-0.15, -0.1) is 11.6 Å². The molecule has 19 heavy (non-hydrogen) atoms. The van der Waals surface area contributed by atoms with Gasteiger partial charge >= 0.3 is 0 Å². The molecule has 0 heterocycles. The largest absolute Gasteiger partial charge is 0.126 e. The van der Waals surface area contributed by atoms with Crippen molar-refractivity contribution in [2.45, 2.75) is 12.8 Å². The second-order valence-electron chi connectivity index (χ2n) is 4.68. The van der Waals surface area contributed by atoms with Gasteiger partial charge in [-0.1, -0.05) is 51.8 Å². The van der Waals surface area contributed by atoms with Gasteiger partial charge in [0.25, 0.3) is 0 Å². The van der Waals surface area contributed by atoms with Gasteiger partial charge in [-0.25, -0.2) is 0 Å². The molecule has 1 unspecified atom stereocenters. The van der Waals surface area contributed by atoms with E-state index in [1.54, 1.807) is 0 Å². The monoisotopic (exact) mass is 356 g/mol. The molecule has 2 rings (SSSR count). The lowest BCUT2D eigenvalue weighted by Gasteiger charge is -2.14. The molecule has 2 aromatic carbocycles. The Morgan fingerprint density at radius 2 is 1.63 bits per heavy atom. The molecule has 2 aromatic rings. The van der Waals surface area contributed by atoms with Crippen molar-refractivity contribution < 1.29 is 0 Å². The molecule has 0 saturated heterocycles. The van der Waals surface area contributed by atoms with E-state index in [1.165, 1.54) is 11.1 Å². The minimum absolute atomic E-state index is 0.442. The van der Waals surface area contributed by atoms with Gasteiger partial charge in [0, 0.05) is 15.4 Å². The second kappa shape index (κ2) is 7.33. The van der Waals surface area contributed by atoms with Crippen molar-refractivity contribution in [2.75, 3.05) is 5.88 Å². The Morgan fingerprint density at radius 1 is 0.947 bits per heavy atom. The van der Waals surface area contributed by atoms with Crippen LogP contribution in [0, 0.1) is 5.92 Å². The molecular formula is C16H15BrCl2. The first-order valence-corrected chi connectivity index (χ1v) is 7.93. The van der Waals surface area contributed by atoms with E-state index in [0.717, 1.165) is 22.3 Å². The zero-order valence-corrected chi connectivity index (χ0v) is 13.5. The summed E-state index contributed by atoms with van der Waals surface area (Å²) in [6.45, 7) is 0. The van der Waals surface area contributed by atoms with Crippen molar-refractivity contribution in [3.8, 4) is 0 Å². The smallest absolute Gasteiger partial charge is 0.0406 e. The quantitative estimate of drug-likeness (QED) is 0.598. The van der Waals surface area contributed by atoms with Crippen molar-refractivity contribution in [1.29, 1.82) is 0 Å². The fourth-order valence-electron chi connectivity index (χ4n) is 2.13. The van der Waals surface area contributed by atoms with E-state index in [-0.39, 0.29) is 0 Å². The fourth-order valence-corrected chi connectivity index (χ4v) is 2.92. The van der Waals surface area contributed by atoms with Crippen molar-refractivity contribution in [1.82, 2.24) is 0 Å². The van der Waals surface area contributed by atoms with Crippen LogP contribution in [0.3, 0.4) is 0 Å². The number of benzene rings is 2. The molecule has 0 aromatic heterocycles. The van der Waals surface area contributed by atoms with E-state index in [4.69, 9.17) is 23.2 Å². The van der Waals surface area contributed by atoms with Crippen LogP contribution in [-0.2, 0) is 12.8 Å². The number of hydrogen-bond donors (Lipinski definition) is 0. The van der Waals surface area contributed by atoms with E-state index >= 15 is 0 Å². The van der Waals surface area contributed by atoms with Crippen LogP contribution in [0.1, 0.15) is 11.1 Å². The average Bonchev–Trinajstić information content (AvgIpc) is 2.40. The molecule has 0 radical (unpaired) electrons. The lowest BCUT2D eigenvalue weighted by molar-refractivity contribution is 0.584. The van der Waals surface area contributed by atoms with Gasteiger partial charge < -0.3 is 0 Å². The van der Waals surface area contributed by atoms with Gasteiger partial charge in [-0.05, 0) is 54.2 Å². The van der Waals surface area contributed by atoms with E-state index in [1.807, 2.05) is 18.2 Å². The minimum Gasteiger partial charge on any atom is -0.126 e. The van der Waals surface area contributed by atoms with Gasteiger partial charge in [0.1, 0.15) is 0 Å². The first-order chi connectivity index (χ1) is 9.17. The Hall–Kier alpha value is -0.500. The van der Waals surface area contributed by atoms with Gasteiger partial charge in [0.2, 0.25) is 0 Å². The summed E-state index contributed by atoms with van der Waals surface area (Å²) in [5.41, 5.74) is 2.60. The van der Waals surface area contributed by atoms with Crippen LogP contribution >= 0.6 is 39.1 Å². The molecule has 0 bridgehead atoms. The van der Waals surface area contributed by atoms with Crippen LogP contribution in [0.4, 0.5) is 0 Å². The standard InChI is InChI=1S/C16H15BrCl2/c17-15-3-1-2-13(10-15)9-14(11-18)8-12-4-6-16(19)7-5-12/h1-7,10,14H,8-9,11H2. The minimum atomic E-state index is 0.442. The van der Waals surface area contributed by atoms with E-state index in [2.05, 4.69) is 46.3 Å². The van der Waals surface area contributed by atoms with Gasteiger partial charge in [0.15, 0.2) is 0 Å². The maximum atomic E-state index is 6.10. The molecule has 0 saturated carbocycles. The lowest BCUT2D eigenvalue weighted by Crippen LogP contribution is -2.10. The van der Waals surface area contributed by atoms with Crippen molar-refractivity contribution in [3.05, 3.63) is 69.2 Å². The number of halogens is 3. The third-order valence-electron chi connectivity index (χ3n) is 3.07. The Balaban J connectivity index is 2.02. The molecule has 100 valence electrons. The zero-order chi connectivity index (χ0) is 13.7. The van der Waals surface area contributed by atoms with Crippen molar-refractivity contribution in [2.24, 2.45) is 5.92 Å². The predicted octanol–water partition coefficient (Wildman–Crippen LogP) is 5.74. The molecule has 0 aliphatic rings. The highest BCUT2D eigenvalue weighted by Gasteiger charge is 2.10. The molecule has 0 nitrogen and oxygen atoms in total. The fraction of sp³-hybridized carbons (Fsp3) is 0.250. The van der Waals surface area contributed by atoms with Gasteiger partial charge in [0.05, 0.1) is 0 Å². The number of rotatable bonds is 5. The Bertz CT molecular complexity index is 523. The summed E-state index contributed by atoms with van der Waals surface area (Å²) in [4.78, 5) is 0. The summed E-state index contributed by atoms with van der Waals surface area (Å²) >= 11 is 15.5. The molecule has 0 N–H and O–H groups in total. The van der Waals surface area contributed by atoms with Crippen LogP contribution in [0.25, 0.3) is 0 Å². The molecular weight excluding hydrogens is 343 g/mol. The van der Waals surface area contributed by atoms with Gasteiger partial charge in [-0.2, -0.15) is 0 Å². The third kappa shape index (κ3) is 4.83. The first-order valence-electron chi connectivity index (χ1n) is 6.22. The number of alkyl halides is 1. The maximum absolute atomic E-state index is 6.10. The van der Waals surface area contributed by atoms with Crippen molar-refractivity contribution in [3.63, 3.8) is 0 Å². The summed E-state index contributed by atoms with van der Waals surface area (Å²) in [5.74, 6) is 1.10. The topological polar surface area (TPSA) is 0 Å². The Labute approximate surface area is 132 Å². The van der Waals surface area contributed by atoms with Crippen LogP contribution in [0.15, 0.2) is 53.0 Å². The highest BCUT2D eigenvalue weighted by atomic mass is 79.9. The highest BCUT2D eigenvalue weighted by Crippen LogP contribution is 2.20. The maximum Gasteiger partial charge on any atom is 0.0406 e. The average molecular weight is 358 g/mol. The first kappa shape index (κ1) is 14.9. The van der Waals surface area contributed by atoms with Crippen molar-refractivity contribution >= 4 is 39.1 Å². The summed E-state index contributed by atoms with van der Waals surface area (Å²) in [6.07, 6.45) is 1.97. The molecule has 0 fully saturated rings. The molecule has 0 spiro atoms. The molecule has 1 atom stereocenters. The van der Waals surface area contributed by atoms with Crippen LogP contribution < -0.4 is 0 Å². The lowest BCUT2D eigenvalue weighted by atomic mass is 9.94. The SMILES string of the molecule is ClCC(Cc1ccc(Cl)cc1)Cc1cccc(Br)c1. The van der Waals surface area contributed by atoms with Crippen LogP contribution in [0.5, 0.6) is 0 Å². The highest BCUT2D eigenvalue weighted by molar-refractivity contribution is 9.10. The van der Waals surface area contributed by atoms with Gasteiger partial charge in [-0.3, -0.25) is 0 Å². The summed E-state index contributed by atoms with van der Waals surface area (Å²) in [5, 5.41) is 0.776. The summed E-state index contributed by atoms with van der Waals surface area (Å²) < 4.78 is 1.12. The second-order valence-corrected chi connectivity index (χ2v) is 6.35. The normalized spacial score (nSPS) is 12.4. The third-order valence-corrected chi connectivity index (χ3v) is 4.25. The van der Waals surface area contributed by atoms with Crippen LogP contribution in [-0.4, -0.2) is 5.88 Å². The zero-order valence-electron chi connectivity index (χ0n) is 10.5. The van der Waals surface area contributed by atoms with Crippen LogP contribution in [0.2, 0.25) is 5.02 Å². The molecule has 3 heteroatoms. The molecule has 0 aliphatic carbocycles. The predicted molar refractivity (Wildman–Crippen MR) is 87.2 cm³/mol. The van der Waals surface area contributed by atoms with E-state index < -0.39 is 0 Å². The van der Waals surface area contributed by atoms with E-state index in [9.17, 15) is 0 Å². The molecule has 0 amide bonds. The Kier molecular flexibility index (Phi) is 5.75. The van der Waals surface area contributed by atoms with E-state index in [0.29, 0.717) is 11.8 Å². The molecule has 0 aliphatic heterocycles. The summed E-state index contributed by atoms with van der Waals surface area (Å²) in [7, 11) is 0.